The minimum Gasteiger partial charge on any atom is -0.448 e. The van der Waals surface area contributed by atoms with Gasteiger partial charge in [0.05, 0.1) is 5.56 Å². The zero-order valence-electron chi connectivity index (χ0n) is 15.5. The maximum Gasteiger partial charge on any atom is 0.339 e. The maximum absolute atomic E-state index is 13.3. The molecule has 0 aromatic heterocycles. The Morgan fingerprint density at radius 1 is 1.00 bits per heavy atom. The first kappa shape index (κ1) is 17.8. The number of carbonyl (C=O) groups is 2. The molecule has 1 saturated carbocycles. The number of rotatable bonds is 5. The molecule has 0 saturated heterocycles. The Morgan fingerprint density at radius 2 is 1.70 bits per heavy atom. The number of esters is 1. The molecular formula is C23H25NO3. The predicted molar refractivity (Wildman–Crippen MR) is 103 cm³/mol. The standard InChI is InChI=1S/C23H25NO3/c25-22(21-16-18-10-4-7-13-20(18)23(26)27-21)24(19-11-5-6-12-19)15-14-17-8-2-1-3-9-17/h1-4,7-10,13,19,21H,5-6,11-12,14-16H2. The van der Waals surface area contributed by atoms with Gasteiger partial charge < -0.3 is 9.64 Å². The maximum atomic E-state index is 13.3. The summed E-state index contributed by atoms with van der Waals surface area (Å²) < 4.78 is 5.54. The number of carbonyl (C=O) groups excluding carboxylic acids is 2. The Balaban J connectivity index is 1.51. The van der Waals surface area contributed by atoms with Crippen molar-refractivity contribution in [2.75, 3.05) is 6.54 Å². The van der Waals surface area contributed by atoms with Gasteiger partial charge in [0.15, 0.2) is 6.10 Å². The topological polar surface area (TPSA) is 46.6 Å². The first-order chi connectivity index (χ1) is 13.2. The van der Waals surface area contributed by atoms with Crippen molar-refractivity contribution in [1.29, 1.82) is 0 Å². The summed E-state index contributed by atoms with van der Waals surface area (Å²) in [5.41, 5.74) is 2.71. The van der Waals surface area contributed by atoms with E-state index in [1.807, 2.05) is 41.3 Å². The van der Waals surface area contributed by atoms with Gasteiger partial charge in [-0.15, -0.1) is 0 Å². The number of fused-ring (bicyclic) bond motifs is 1. The average Bonchev–Trinajstić information content (AvgIpc) is 3.23. The fraction of sp³-hybridized carbons (Fsp3) is 0.391. The normalized spacial score (nSPS) is 19.4. The number of hydrogen-bond acceptors (Lipinski definition) is 3. The average molecular weight is 363 g/mol. The highest BCUT2D eigenvalue weighted by atomic mass is 16.5. The predicted octanol–water partition coefficient (Wildman–Crippen LogP) is 3.78. The number of cyclic esters (lactones) is 1. The van der Waals surface area contributed by atoms with Crippen LogP contribution in [0.25, 0.3) is 0 Å². The fourth-order valence-corrected chi connectivity index (χ4v) is 4.24. The van der Waals surface area contributed by atoms with Crippen molar-refractivity contribution in [3.63, 3.8) is 0 Å². The third kappa shape index (κ3) is 3.90. The summed E-state index contributed by atoms with van der Waals surface area (Å²) in [5.74, 6) is -0.426. The number of ether oxygens (including phenoxy) is 1. The number of benzene rings is 2. The number of amides is 1. The molecule has 0 spiro atoms. The first-order valence-corrected chi connectivity index (χ1v) is 9.85. The van der Waals surface area contributed by atoms with Crippen molar-refractivity contribution in [3.8, 4) is 0 Å². The van der Waals surface area contributed by atoms with Crippen molar-refractivity contribution < 1.29 is 14.3 Å². The van der Waals surface area contributed by atoms with Gasteiger partial charge in [0.25, 0.3) is 5.91 Å². The summed E-state index contributed by atoms with van der Waals surface area (Å²) in [6.45, 7) is 0.670. The Hall–Kier alpha value is -2.62. The van der Waals surface area contributed by atoms with Crippen molar-refractivity contribution in [2.24, 2.45) is 0 Å². The summed E-state index contributed by atoms with van der Waals surface area (Å²) in [6, 6.07) is 17.9. The third-order valence-electron chi connectivity index (χ3n) is 5.70. The van der Waals surface area contributed by atoms with Gasteiger partial charge in [-0.3, -0.25) is 4.79 Å². The Kier molecular flexibility index (Phi) is 5.23. The lowest BCUT2D eigenvalue weighted by Gasteiger charge is -2.34. The lowest BCUT2D eigenvalue weighted by molar-refractivity contribution is -0.143. The first-order valence-electron chi connectivity index (χ1n) is 9.85. The van der Waals surface area contributed by atoms with Crippen molar-refractivity contribution in [2.45, 2.75) is 50.7 Å². The van der Waals surface area contributed by atoms with Crippen LogP contribution in [0.15, 0.2) is 54.6 Å². The van der Waals surface area contributed by atoms with E-state index in [0.717, 1.165) is 37.7 Å². The van der Waals surface area contributed by atoms with Crippen LogP contribution < -0.4 is 0 Å². The van der Waals surface area contributed by atoms with Crippen LogP contribution in [0.2, 0.25) is 0 Å². The third-order valence-corrected chi connectivity index (χ3v) is 5.70. The van der Waals surface area contributed by atoms with Crippen LogP contribution in [0, 0.1) is 0 Å². The molecule has 1 aliphatic heterocycles. The van der Waals surface area contributed by atoms with Crippen LogP contribution in [0.4, 0.5) is 0 Å². The van der Waals surface area contributed by atoms with Gasteiger partial charge in [-0.1, -0.05) is 61.4 Å². The molecule has 140 valence electrons. The molecule has 0 bridgehead atoms. The Morgan fingerprint density at radius 3 is 2.48 bits per heavy atom. The molecule has 1 unspecified atom stereocenters. The summed E-state index contributed by atoms with van der Waals surface area (Å²) in [4.78, 5) is 27.6. The molecule has 27 heavy (non-hydrogen) atoms. The second kappa shape index (κ2) is 7.95. The van der Waals surface area contributed by atoms with Gasteiger partial charge in [0.2, 0.25) is 0 Å². The van der Waals surface area contributed by atoms with E-state index in [-0.39, 0.29) is 17.9 Å². The Bertz CT molecular complexity index is 811. The SMILES string of the molecule is O=C1OC(C(=O)N(CCc2ccccc2)C2CCCC2)Cc2ccccc21. The highest BCUT2D eigenvalue weighted by Gasteiger charge is 2.36. The van der Waals surface area contributed by atoms with E-state index in [1.165, 1.54) is 5.56 Å². The molecule has 4 rings (SSSR count). The minimum atomic E-state index is -0.705. The van der Waals surface area contributed by atoms with E-state index in [1.54, 1.807) is 6.07 Å². The molecule has 2 aliphatic rings. The van der Waals surface area contributed by atoms with Gasteiger partial charge in [0.1, 0.15) is 0 Å². The molecule has 1 fully saturated rings. The lowest BCUT2D eigenvalue weighted by atomic mass is 9.97. The monoisotopic (exact) mass is 363 g/mol. The fourth-order valence-electron chi connectivity index (χ4n) is 4.24. The molecular weight excluding hydrogens is 338 g/mol. The highest BCUT2D eigenvalue weighted by molar-refractivity contribution is 5.95. The zero-order chi connectivity index (χ0) is 18.6. The summed E-state index contributed by atoms with van der Waals surface area (Å²) >= 11 is 0. The molecule has 1 heterocycles. The van der Waals surface area contributed by atoms with Gasteiger partial charge in [-0.05, 0) is 36.5 Å². The molecule has 4 nitrogen and oxygen atoms in total. The Labute approximate surface area is 160 Å². The highest BCUT2D eigenvalue weighted by Crippen LogP contribution is 2.27. The van der Waals surface area contributed by atoms with Crippen LogP contribution in [-0.4, -0.2) is 35.5 Å². The van der Waals surface area contributed by atoms with Gasteiger partial charge in [-0.2, -0.15) is 0 Å². The minimum absolute atomic E-state index is 0.0410. The van der Waals surface area contributed by atoms with Crippen LogP contribution in [0.1, 0.15) is 47.2 Å². The van der Waals surface area contributed by atoms with E-state index < -0.39 is 6.10 Å². The lowest BCUT2D eigenvalue weighted by Crippen LogP contribution is -2.49. The van der Waals surface area contributed by atoms with E-state index >= 15 is 0 Å². The summed E-state index contributed by atoms with van der Waals surface area (Å²) in [6.07, 6.45) is 4.98. The van der Waals surface area contributed by atoms with Crippen molar-refractivity contribution in [1.82, 2.24) is 4.90 Å². The summed E-state index contributed by atoms with van der Waals surface area (Å²) in [7, 11) is 0. The number of hydrogen-bond donors (Lipinski definition) is 0. The second-order valence-corrected chi connectivity index (χ2v) is 7.46. The van der Waals surface area contributed by atoms with E-state index in [0.29, 0.717) is 18.5 Å². The van der Waals surface area contributed by atoms with Crippen LogP contribution in [0.3, 0.4) is 0 Å². The van der Waals surface area contributed by atoms with E-state index in [9.17, 15) is 9.59 Å². The van der Waals surface area contributed by atoms with Gasteiger partial charge in [-0.25, -0.2) is 4.79 Å². The van der Waals surface area contributed by atoms with Crippen LogP contribution >= 0.6 is 0 Å². The molecule has 2 aromatic carbocycles. The molecule has 0 N–H and O–H groups in total. The van der Waals surface area contributed by atoms with Gasteiger partial charge >= 0.3 is 5.97 Å². The molecule has 0 radical (unpaired) electrons. The van der Waals surface area contributed by atoms with Crippen LogP contribution in [0.5, 0.6) is 0 Å². The van der Waals surface area contributed by atoms with Gasteiger partial charge in [0, 0.05) is 19.0 Å². The van der Waals surface area contributed by atoms with Crippen LogP contribution in [-0.2, 0) is 22.4 Å². The van der Waals surface area contributed by atoms with E-state index in [2.05, 4.69) is 12.1 Å². The van der Waals surface area contributed by atoms with Crippen molar-refractivity contribution in [3.05, 3.63) is 71.3 Å². The molecule has 1 atom stereocenters. The quantitative estimate of drug-likeness (QED) is 0.760. The molecule has 4 heteroatoms. The number of nitrogens with zero attached hydrogens (tertiary/aromatic N) is 1. The smallest absolute Gasteiger partial charge is 0.339 e. The molecule has 1 aliphatic carbocycles. The molecule has 2 aromatic rings. The molecule has 1 amide bonds. The largest absolute Gasteiger partial charge is 0.448 e. The zero-order valence-corrected chi connectivity index (χ0v) is 15.5. The second-order valence-electron chi connectivity index (χ2n) is 7.46. The van der Waals surface area contributed by atoms with E-state index in [4.69, 9.17) is 4.74 Å². The summed E-state index contributed by atoms with van der Waals surface area (Å²) in [5, 5.41) is 0. The van der Waals surface area contributed by atoms with Crippen molar-refractivity contribution >= 4 is 11.9 Å².